The van der Waals surface area contributed by atoms with Gasteiger partial charge in [-0.05, 0) is 23.5 Å². The van der Waals surface area contributed by atoms with E-state index in [1.807, 2.05) is 0 Å². The molecular formula is C9H10BF3O2. The summed E-state index contributed by atoms with van der Waals surface area (Å²) < 4.78 is 36.9. The van der Waals surface area contributed by atoms with E-state index in [2.05, 4.69) is 0 Å². The molecule has 0 spiro atoms. The summed E-state index contributed by atoms with van der Waals surface area (Å²) in [6, 6.07) is 2.87. The zero-order chi connectivity index (χ0) is 11.6. The number of hydrogen-bond acceptors (Lipinski definition) is 2. The maximum Gasteiger partial charge on any atom is 0.488 e. The lowest BCUT2D eigenvalue weighted by Crippen LogP contribution is -2.33. The van der Waals surface area contributed by atoms with Gasteiger partial charge in [-0.1, -0.05) is 19.1 Å². The Balaban J connectivity index is 3.19. The van der Waals surface area contributed by atoms with Crippen molar-refractivity contribution in [3.63, 3.8) is 0 Å². The predicted octanol–water partition coefficient (Wildman–Crippen LogP) is 0.948. The molecule has 0 bridgehead atoms. The molecule has 2 N–H and O–H groups in total. The zero-order valence-electron chi connectivity index (χ0n) is 8.04. The molecule has 0 atom stereocenters. The van der Waals surface area contributed by atoms with Gasteiger partial charge in [-0.15, -0.1) is 0 Å². The summed E-state index contributed by atoms with van der Waals surface area (Å²) in [6.07, 6.45) is -4.08. The third kappa shape index (κ3) is 2.73. The van der Waals surface area contributed by atoms with Gasteiger partial charge in [-0.2, -0.15) is 13.2 Å². The van der Waals surface area contributed by atoms with Gasteiger partial charge in [0.15, 0.2) is 0 Å². The molecule has 6 heteroatoms. The van der Waals surface area contributed by atoms with E-state index in [1.165, 1.54) is 0 Å². The van der Waals surface area contributed by atoms with Crippen LogP contribution in [0.3, 0.4) is 0 Å². The van der Waals surface area contributed by atoms with Crippen molar-refractivity contribution in [3.8, 4) is 0 Å². The van der Waals surface area contributed by atoms with Gasteiger partial charge in [-0.3, -0.25) is 0 Å². The molecule has 0 aliphatic rings. The maximum atomic E-state index is 12.3. The standard InChI is InChI=1S/C9H10BF3O2/c1-2-6-5-7(9(11,12)13)3-4-8(6)10(14)15/h3-5,14-15H,2H2,1H3. The van der Waals surface area contributed by atoms with E-state index < -0.39 is 18.9 Å². The van der Waals surface area contributed by atoms with Crippen molar-refractivity contribution in [2.75, 3.05) is 0 Å². The Morgan fingerprint density at radius 3 is 2.27 bits per heavy atom. The molecule has 0 aliphatic carbocycles. The lowest BCUT2D eigenvalue weighted by atomic mass is 9.76. The summed E-state index contributed by atoms with van der Waals surface area (Å²) in [5.41, 5.74) is -0.367. The summed E-state index contributed by atoms with van der Waals surface area (Å²) in [5, 5.41) is 17.8. The third-order valence-electron chi connectivity index (χ3n) is 2.13. The minimum absolute atomic E-state index is 0.116. The Morgan fingerprint density at radius 2 is 1.87 bits per heavy atom. The van der Waals surface area contributed by atoms with Gasteiger partial charge < -0.3 is 10.0 Å². The lowest BCUT2D eigenvalue weighted by molar-refractivity contribution is -0.137. The highest BCUT2D eigenvalue weighted by molar-refractivity contribution is 6.59. The molecule has 0 aromatic heterocycles. The third-order valence-corrected chi connectivity index (χ3v) is 2.13. The van der Waals surface area contributed by atoms with Crippen LogP contribution in [0.25, 0.3) is 0 Å². The Hall–Kier alpha value is -1.01. The summed E-state index contributed by atoms with van der Waals surface area (Å²) in [6.45, 7) is 1.65. The van der Waals surface area contributed by atoms with Crippen LogP contribution in [0.15, 0.2) is 18.2 Å². The minimum Gasteiger partial charge on any atom is -0.423 e. The second kappa shape index (κ2) is 4.24. The van der Waals surface area contributed by atoms with Crippen molar-refractivity contribution in [1.82, 2.24) is 0 Å². The normalized spacial score (nSPS) is 11.6. The van der Waals surface area contributed by atoms with Crippen LogP contribution in [0.4, 0.5) is 13.2 Å². The van der Waals surface area contributed by atoms with Crippen LogP contribution in [-0.2, 0) is 12.6 Å². The van der Waals surface area contributed by atoms with Gasteiger partial charge in [-0.25, -0.2) is 0 Å². The summed E-state index contributed by atoms with van der Waals surface area (Å²) in [7, 11) is -1.73. The van der Waals surface area contributed by atoms with Crippen LogP contribution in [0.1, 0.15) is 18.1 Å². The summed E-state index contributed by atoms with van der Waals surface area (Å²) >= 11 is 0. The maximum absolute atomic E-state index is 12.3. The van der Waals surface area contributed by atoms with Crippen molar-refractivity contribution in [2.24, 2.45) is 0 Å². The molecule has 0 saturated heterocycles. The molecule has 1 rings (SSSR count). The van der Waals surface area contributed by atoms with Crippen LogP contribution in [-0.4, -0.2) is 17.2 Å². The molecule has 0 amide bonds. The van der Waals surface area contributed by atoms with Gasteiger partial charge in [0.25, 0.3) is 0 Å². The first kappa shape index (κ1) is 12.1. The van der Waals surface area contributed by atoms with Gasteiger partial charge in [0.1, 0.15) is 0 Å². The van der Waals surface area contributed by atoms with Crippen LogP contribution in [0.5, 0.6) is 0 Å². The predicted molar refractivity (Wildman–Crippen MR) is 50.6 cm³/mol. The van der Waals surface area contributed by atoms with Crippen molar-refractivity contribution >= 4 is 12.6 Å². The SMILES string of the molecule is CCc1cc(C(F)(F)F)ccc1B(O)O. The summed E-state index contributed by atoms with van der Waals surface area (Å²) in [4.78, 5) is 0. The van der Waals surface area contributed by atoms with Gasteiger partial charge in [0.05, 0.1) is 5.56 Å². The van der Waals surface area contributed by atoms with E-state index in [9.17, 15) is 13.2 Å². The van der Waals surface area contributed by atoms with Crippen molar-refractivity contribution < 1.29 is 23.2 Å². The molecule has 1 aromatic rings. The monoisotopic (exact) mass is 218 g/mol. The first-order valence-electron chi connectivity index (χ1n) is 4.42. The van der Waals surface area contributed by atoms with E-state index in [4.69, 9.17) is 10.0 Å². The molecule has 0 fully saturated rings. The van der Waals surface area contributed by atoms with Crippen LogP contribution >= 0.6 is 0 Å². The first-order chi connectivity index (χ1) is 6.86. The number of halogens is 3. The van der Waals surface area contributed by atoms with Crippen molar-refractivity contribution in [3.05, 3.63) is 29.3 Å². The average molecular weight is 218 g/mol. The van der Waals surface area contributed by atoms with Gasteiger partial charge >= 0.3 is 13.3 Å². The van der Waals surface area contributed by atoms with E-state index in [-0.39, 0.29) is 5.46 Å². The van der Waals surface area contributed by atoms with Gasteiger partial charge in [0.2, 0.25) is 0 Å². The summed E-state index contributed by atoms with van der Waals surface area (Å²) in [5.74, 6) is 0. The van der Waals surface area contributed by atoms with E-state index in [1.54, 1.807) is 6.92 Å². The molecule has 2 nitrogen and oxygen atoms in total. The Labute approximate surface area is 85.5 Å². The largest absolute Gasteiger partial charge is 0.488 e. The van der Waals surface area contributed by atoms with Crippen LogP contribution in [0.2, 0.25) is 0 Å². The Bertz CT molecular complexity index is 350. The Kier molecular flexibility index (Phi) is 3.41. The second-order valence-electron chi connectivity index (χ2n) is 3.14. The molecule has 0 radical (unpaired) electrons. The van der Waals surface area contributed by atoms with Crippen LogP contribution < -0.4 is 5.46 Å². The smallest absolute Gasteiger partial charge is 0.423 e. The Morgan fingerprint density at radius 1 is 1.27 bits per heavy atom. The number of alkyl halides is 3. The topological polar surface area (TPSA) is 40.5 Å². The molecule has 0 aliphatic heterocycles. The molecule has 15 heavy (non-hydrogen) atoms. The molecule has 82 valence electrons. The number of aryl methyl sites for hydroxylation is 1. The zero-order valence-corrected chi connectivity index (χ0v) is 8.04. The quantitative estimate of drug-likeness (QED) is 0.725. The van der Waals surface area contributed by atoms with Crippen molar-refractivity contribution in [2.45, 2.75) is 19.5 Å². The molecule has 0 saturated carbocycles. The highest BCUT2D eigenvalue weighted by Crippen LogP contribution is 2.29. The van der Waals surface area contributed by atoms with Gasteiger partial charge in [0, 0.05) is 0 Å². The highest BCUT2D eigenvalue weighted by Gasteiger charge is 2.31. The molecule has 0 heterocycles. The highest BCUT2D eigenvalue weighted by atomic mass is 19.4. The lowest BCUT2D eigenvalue weighted by Gasteiger charge is -2.11. The number of benzene rings is 1. The fraction of sp³-hybridized carbons (Fsp3) is 0.333. The number of rotatable bonds is 2. The number of hydrogen-bond donors (Lipinski definition) is 2. The first-order valence-corrected chi connectivity index (χ1v) is 4.42. The fourth-order valence-electron chi connectivity index (χ4n) is 1.34. The van der Waals surface area contributed by atoms with Crippen molar-refractivity contribution in [1.29, 1.82) is 0 Å². The van der Waals surface area contributed by atoms with Crippen LogP contribution in [0, 0.1) is 0 Å². The second-order valence-corrected chi connectivity index (χ2v) is 3.14. The molecular weight excluding hydrogens is 208 g/mol. The van der Waals surface area contributed by atoms with E-state index >= 15 is 0 Å². The molecule has 1 aromatic carbocycles. The average Bonchev–Trinajstić information content (AvgIpc) is 2.15. The fourth-order valence-corrected chi connectivity index (χ4v) is 1.34. The van der Waals surface area contributed by atoms with E-state index in [0.717, 1.165) is 18.2 Å². The molecule has 0 unspecified atom stereocenters. The van der Waals surface area contributed by atoms with E-state index in [0.29, 0.717) is 12.0 Å². The minimum atomic E-state index is -4.40.